The zero-order valence-electron chi connectivity index (χ0n) is 55.6. The summed E-state index contributed by atoms with van der Waals surface area (Å²) in [7, 11) is 0. The van der Waals surface area contributed by atoms with E-state index in [0.717, 1.165) is 49.0 Å². The van der Waals surface area contributed by atoms with Gasteiger partial charge >= 0.3 is 18.0 Å². The molecule has 3 fully saturated rings. The Labute approximate surface area is 587 Å². The number of β-lactam (4-membered cyclic amide) rings is 3. The minimum absolute atomic E-state index is 0.163. The van der Waals surface area contributed by atoms with Crippen molar-refractivity contribution in [2.24, 2.45) is 0 Å². The summed E-state index contributed by atoms with van der Waals surface area (Å²) in [4.78, 5) is 61.9. The predicted octanol–water partition coefficient (Wildman–Crippen LogP) is 17.5. The van der Waals surface area contributed by atoms with Crippen LogP contribution in [0.1, 0.15) is 55.6 Å². The van der Waals surface area contributed by atoms with Gasteiger partial charge in [-0.05, 0) is 215 Å². The molecule has 3 saturated heterocycles. The first-order valence-electron chi connectivity index (χ1n) is 33.8. The van der Waals surface area contributed by atoms with E-state index < -0.39 is 36.4 Å². The van der Waals surface area contributed by atoms with Crippen LogP contribution in [-0.2, 0) is 14.4 Å². The molecular weight excluding hydrogens is 1280 g/mol. The summed E-state index contributed by atoms with van der Waals surface area (Å²) >= 11 is 0. The molecule has 3 aliphatic heterocycles. The minimum Gasteiger partial charge on any atom is -0.494 e. The minimum atomic E-state index is -0.854. The summed E-state index contributed by atoms with van der Waals surface area (Å²) in [5.41, 5.74) is 4.37. The highest BCUT2D eigenvalue weighted by Crippen LogP contribution is 2.47. The van der Waals surface area contributed by atoms with E-state index in [4.69, 9.17) is 42.6 Å². The first kappa shape index (κ1) is 63.8. The summed E-state index contributed by atoms with van der Waals surface area (Å²) in [6.45, 7) is 7.27. The topological polar surface area (TPSA) is 183 Å². The molecular formula is C84H66N6O12. The number of aromatic nitrogens is 3. The third-order valence-electron chi connectivity index (χ3n) is 18.2. The molecule has 0 saturated carbocycles. The Morgan fingerprint density at radius 2 is 0.510 bits per heavy atom. The second-order valence-corrected chi connectivity index (χ2v) is 24.6. The van der Waals surface area contributed by atoms with Crippen molar-refractivity contribution in [3.05, 3.63) is 290 Å². The number of anilines is 3. The van der Waals surface area contributed by atoms with Crippen molar-refractivity contribution in [3.8, 4) is 69.8 Å². The Morgan fingerprint density at radius 1 is 0.275 bits per heavy atom. The molecule has 102 heavy (non-hydrogen) atoms. The lowest BCUT2D eigenvalue weighted by Gasteiger charge is -2.46. The molecule has 6 atom stereocenters. The molecule has 3 aliphatic rings. The highest BCUT2D eigenvalue weighted by atomic mass is 16.5. The lowest BCUT2D eigenvalue weighted by Crippen LogP contribution is -2.61. The van der Waals surface area contributed by atoms with Gasteiger partial charge in [0.2, 0.25) is 18.3 Å². The van der Waals surface area contributed by atoms with Crippen LogP contribution < -0.4 is 57.3 Å². The predicted molar refractivity (Wildman–Crippen MR) is 388 cm³/mol. The van der Waals surface area contributed by atoms with Crippen molar-refractivity contribution < 1.29 is 57.0 Å². The number of carbonyl (C=O) groups excluding carboxylic acids is 3. The summed E-state index contributed by atoms with van der Waals surface area (Å²) in [5.74, 6) is 4.20. The third-order valence-corrected chi connectivity index (χ3v) is 18.2. The lowest BCUT2D eigenvalue weighted by molar-refractivity contribution is -0.135. The molecule has 0 bridgehead atoms. The van der Waals surface area contributed by atoms with Crippen LogP contribution in [0, 0.1) is 0 Å². The molecule has 4 heterocycles. The summed E-state index contributed by atoms with van der Waals surface area (Å²) in [5, 5.41) is 6.12. The number of nitrogens with zero attached hydrogens (tertiary/aromatic N) is 6. The molecule has 12 aromatic carbocycles. The van der Waals surface area contributed by atoms with Crippen LogP contribution in [0.4, 0.5) is 17.1 Å². The Hall–Kier alpha value is -13.0. The number of hydrogen-bond donors (Lipinski definition) is 0. The molecule has 0 radical (unpaired) electrons. The molecule has 13 aromatic rings. The molecule has 1 aromatic heterocycles. The van der Waals surface area contributed by atoms with Crippen LogP contribution in [0.2, 0.25) is 0 Å². The van der Waals surface area contributed by atoms with Crippen LogP contribution >= 0.6 is 0 Å². The van der Waals surface area contributed by atoms with E-state index in [1.165, 1.54) is 0 Å². The standard InChI is InChI=1S/C84H66N6O12/c1-4-94-64-43-28-61(29-44-64)88-73(76(79(88)91)97-70-40-19-52-13-7-10-16-58(52)49-70)55-22-34-67(35-23-55)100-82-85-83(101-68-36-24-56(25-37-68)74-77(98-71-41-20-53-14-8-11-17-59(53)50-71)80(92)89(74)62-30-45-65(46-31-62)95-5-2)87-84(86-82)102-69-38-26-57(27-39-69)75-78(99-72-42-21-54-15-9-12-18-60(54)51-72)81(93)90(75)63-32-47-66(48-33-63)96-6-3/h7-51,73-78H,4-6H2,1-3H3. The van der Waals surface area contributed by atoms with Crippen molar-refractivity contribution in [2.75, 3.05) is 34.5 Å². The molecule has 18 nitrogen and oxygen atoms in total. The van der Waals surface area contributed by atoms with Crippen molar-refractivity contribution in [1.29, 1.82) is 0 Å². The van der Waals surface area contributed by atoms with E-state index in [0.29, 0.717) is 88.6 Å². The van der Waals surface area contributed by atoms with Gasteiger partial charge in [-0.25, -0.2) is 0 Å². The van der Waals surface area contributed by atoms with Gasteiger partial charge in [0.15, 0.2) is 0 Å². The van der Waals surface area contributed by atoms with E-state index in [1.807, 2.05) is 257 Å². The zero-order valence-corrected chi connectivity index (χ0v) is 55.6. The van der Waals surface area contributed by atoms with Gasteiger partial charge in [0.05, 0.1) is 19.8 Å². The van der Waals surface area contributed by atoms with E-state index in [-0.39, 0.29) is 35.8 Å². The fraction of sp³-hybridized carbons (Fsp3) is 0.143. The largest absolute Gasteiger partial charge is 0.494 e. The first-order valence-corrected chi connectivity index (χ1v) is 33.8. The number of ether oxygens (including phenoxy) is 9. The van der Waals surface area contributed by atoms with Crippen LogP contribution in [0.3, 0.4) is 0 Å². The Bertz CT molecular complexity index is 4710. The van der Waals surface area contributed by atoms with Crippen molar-refractivity contribution >= 4 is 67.1 Å². The Kier molecular flexibility index (Phi) is 17.3. The normalized spacial score (nSPS) is 17.7. The van der Waals surface area contributed by atoms with E-state index in [1.54, 1.807) is 51.1 Å². The van der Waals surface area contributed by atoms with E-state index in [9.17, 15) is 14.4 Å². The smallest absolute Gasteiger partial charge is 0.331 e. The van der Waals surface area contributed by atoms with Crippen LogP contribution in [0.15, 0.2) is 273 Å². The van der Waals surface area contributed by atoms with Gasteiger partial charge in [0.25, 0.3) is 17.7 Å². The van der Waals surface area contributed by atoms with E-state index >= 15 is 0 Å². The van der Waals surface area contributed by atoms with Gasteiger partial charge in [0.1, 0.15) is 69.9 Å². The average molecular weight is 1350 g/mol. The molecule has 6 unspecified atom stereocenters. The summed E-state index contributed by atoms with van der Waals surface area (Å²) in [6.07, 6.45) is -2.56. The zero-order chi connectivity index (χ0) is 69.2. The molecule has 16 rings (SSSR count). The van der Waals surface area contributed by atoms with Gasteiger partial charge in [0, 0.05) is 17.1 Å². The second-order valence-electron chi connectivity index (χ2n) is 24.6. The van der Waals surface area contributed by atoms with Crippen molar-refractivity contribution in [1.82, 2.24) is 15.0 Å². The monoisotopic (exact) mass is 1350 g/mol. The highest BCUT2D eigenvalue weighted by molar-refractivity contribution is 6.07. The van der Waals surface area contributed by atoms with Gasteiger partial charge in [-0.15, -0.1) is 15.0 Å². The fourth-order valence-electron chi connectivity index (χ4n) is 13.3. The number of hydrogen-bond acceptors (Lipinski definition) is 15. The first-order chi connectivity index (χ1) is 50.1. The molecule has 18 heteroatoms. The molecule has 0 spiro atoms. The summed E-state index contributed by atoms with van der Waals surface area (Å²) < 4.78 is 56.3. The molecule has 0 N–H and O–H groups in total. The SMILES string of the molecule is CCOc1ccc(N2C(=O)C(Oc3ccc4ccccc4c3)C2c2ccc(Oc3nc(Oc4ccc(C5C(Oc6ccc7ccccc7c6)C(=O)N5c5ccc(OCC)cc5)cc4)nc(Oc4ccc(C5C(Oc6ccc7ccccc7c6)C(=O)N5c5ccc(OCC)cc5)cc4)n3)cc2)cc1. The number of amides is 3. The fourth-order valence-corrected chi connectivity index (χ4v) is 13.3. The van der Waals surface area contributed by atoms with Crippen LogP contribution in [0.25, 0.3) is 32.3 Å². The third kappa shape index (κ3) is 12.8. The van der Waals surface area contributed by atoms with Gasteiger partial charge in [-0.3, -0.25) is 29.1 Å². The number of carbonyl (C=O) groups is 3. The highest BCUT2D eigenvalue weighted by Gasteiger charge is 2.53. The van der Waals surface area contributed by atoms with Gasteiger partial charge in [-0.1, -0.05) is 127 Å². The lowest BCUT2D eigenvalue weighted by atomic mass is 9.89. The Balaban J connectivity index is 0.703. The average Bonchev–Trinajstić information content (AvgIpc) is 0.748. The van der Waals surface area contributed by atoms with E-state index in [2.05, 4.69) is 15.0 Å². The quantitative estimate of drug-likeness (QED) is 0.0520. The van der Waals surface area contributed by atoms with Crippen LogP contribution in [-0.4, -0.2) is 70.8 Å². The van der Waals surface area contributed by atoms with Gasteiger partial charge < -0.3 is 42.6 Å². The maximum Gasteiger partial charge on any atom is 0.331 e. The number of benzene rings is 12. The molecule has 0 aliphatic carbocycles. The van der Waals surface area contributed by atoms with Crippen LogP contribution in [0.5, 0.6) is 69.8 Å². The molecule has 504 valence electrons. The summed E-state index contributed by atoms with van der Waals surface area (Å²) in [6, 6.07) is 83.4. The van der Waals surface area contributed by atoms with Gasteiger partial charge in [-0.2, -0.15) is 0 Å². The second kappa shape index (κ2) is 27.7. The number of rotatable bonds is 24. The maximum absolute atomic E-state index is 14.3. The number of fused-ring (bicyclic) bond motifs is 3. The Morgan fingerprint density at radius 3 is 0.765 bits per heavy atom. The van der Waals surface area contributed by atoms with Crippen molar-refractivity contribution in [2.45, 2.75) is 57.2 Å². The van der Waals surface area contributed by atoms with Crippen molar-refractivity contribution in [3.63, 3.8) is 0 Å². The maximum atomic E-state index is 14.3. The molecule has 3 amide bonds.